The van der Waals surface area contributed by atoms with E-state index in [0.717, 1.165) is 18.2 Å². The normalized spacial score (nSPS) is 31.5. The first-order chi connectivity index (χ1) is 25.1. The van der Waals surface area contributed by atoms with E-state index in [1.807, 2.05) is 36.4 Å². The molecule has 3 fully saturated rings. The van der Waals surface area contributed by atoms with Gasteiger partial charge in [-0.05, 0) is 72.3 Å². The van der Waals surface area contributed by atoms with E-state index in [2.05, 4.69) is 15.4 Å². The van der Waals surface area contributed by atoms with Gasteiger partial charge in [-0.1, -0.05) is 43.2 Å². The Balaban J connectivity index is 1.25. The number of para-hydroxylation sites is 1. The van der Waals surface area contributed by atoms with E-state index in [1.165, 1.54) is 4.90 Å². The summed E-state index contributed by atoms with van der Waals surface area (Å²) in [7, 11) is -4.01. The van der Waals surface area contributed by atoms with Crippen molar-refractivity contribution in [2.45, 2.75) is 132 Å². The van der Waals surface area contributed by atoms with E-state index in [-0.39, 0.29) is 25.8 Å². The minimum atomic E-state index is -4.01. The average molecular weight is 752 g/mol. The smallest absolute Gasteiger partial charge is 0.408 e. The number of hydrogen-bond acceptors (Lipinski definition) is 10. The van der Waals surface area contributed by atoms with Crippen LogP contribution < -0.4 is 20.1 Å². The second kappa shape index (κ2) is 13.6. The first-order valence-electron chi connectivity index (χ1n) is 18.7. The van der Waals surface area contributed by atoms with E-state index in [4.69, 9.17) is 14.5 Å². The van der Waals surface area contributed by atoms with Gasteiger partial charge in [-0.3, -0.25) is 19.1 Å². The SMILES string of the molecule is Cc1nc2ccccc2c2c1O[C@]1(CC2O)C[C@H]2C(=O)N[C@]3(C(=O)NS(=O)(=O)C4(C)CC4)CC3/C=C\CCCCC[C@H](NC(=O)OC(C)C)C(=O)N2C1. The first-order valence-corrected chi connectivity index (χ1v) is 20.1. The summed E-state index contributed by atoms with van der Waals surface area (Å²) in [6, 6.07) is 5.22. The topological polar surface area (TPSA) is 193 Å². The molecular weight excluding hydrogens is 703 g/mol. The fourth-order valence-electron chi connectivity index (χ4n) is 8.12. The molecule has 1 aromatic heterocycles. The number of aromatic nitrogens is 1. The van der Waals surface area contributed by atoms with Crippen molar-refractivity contribution in [2.75, 3.05) is 6.54 Å². The second-order valence-corrected chi connectivity index (χ2v) is 18.2. The molecule has 2 unspecified atom stereocenters. The third-order valence-electron chi connectivity index (χ3n) is 11.5. The number of nitrogens with one attached hydrogen (secondary N) is 3. The number of aryl methyl sites for hydroxylation is 1. The largest absolute Gasteiger partial charge is 0.483 e. The molecule has 1 saturated heterocycles. The van der Waals surface area contributed by atoms with Gasteiger partial charge in [0, 0.05) is 29.7 Å². The molecule has 5 aliphatic rings. The molecule has 0 bridgehead atoms. The Morgan fingerprint density at radius 2 is 1.87 bits per heavy atom. The molecule has 1 spiro atoms. The zero-order chi connectivity index (χ0) is 37.9. The van der Waals surface area contributed by atoms with Crippen molar-refractivity contribution < 1.29 is 42.2 Å². The fraction of sp³-hybridized carbons (Fsp3) is 0.605. The first kappa shape index (κ1) is 37.1. The summed E-state index contributed by atoms with van der Waals surface area (Å²) in [5.41, 5.74) is -0.942. The molecule has 6 atom stereocenters. The van der Waals surface area contributed by atoms with Crippen LogP contribution in [-0.2, 0) is 29.1 Å². The number of ether oxygens (including phenoxy) is 2. The van der Waals surface area contributed by atoms with Crippen molar-refractivity contribution in [1.82, 2.24) is 25.2 Å². The Kier molecular flexibility index (Phi) is 9.49. The van der Waals surface area contributed by atoms with Crippen LogP contribution in [0, 0.1) is 12.8 Å². The maximum atomic E-state index is 14.6. The molecule has 4 amide bonds. The number of carbonyl (C=O) groups is 4. The van der Waals surface area contributed by atoms with E-state index < -0.39 is 79.9 Å². The fourth-order valence-corrected chi connectivity index (χ4v) is 9.43. The number of benzene rings is 1. The molecule has 53 heavy (non-hydrogen) atoms. The molecule has 4 heterocycles. The van der Waals surface area contributed by atoms with Crippen molar-refractivity contribution in [3.8, 4) is 5.75 Å². The second-order valence-electron chi connectivity index (χ2n) is 16.0. The van der Waals surface area contributed by atoms with Gasteiger partial charge < -0.3 is 30.1 Å². The summed E-state index contributed by atoms with van der Waals surface area (Å²) in [6.45, 7) is 6.67. The van der Waals surface area contributed by atoms with Crippen molar-refractivity contribution in [1.29, 1.82) is 0 Å². The zero-order valence-electron chi connectivity index (χ0n) is 30.6. The molecule has 1 aromatic carbocycles. The van der Waals surface area contributed by atoms with Gasteiger partial charge in [0.05, 0.1) is 34.7 Å². The number of aliphatic hydroxyl groups is 1. The Hall–Kier alpha value is -4.24. The highest BCUT2D eigenvalue weighted by molar-refractivity contribution is 7.91. The number of hydrogen-bond donors (Lipinski definition) is 4. The predicted molar refractivity (Wildman–Crippen MR) is 194 cm³/mol. The van der Waals surface area contributed by atoms with Gasteiger partial charge in [0.2, 0.25) is 21.8 Å². The standard InChI is InChI=1S/C38H49N5O9S/c1-22(2)51-35(48)40-27-15-9-7-5-6-8-12-24-18-38(24,34(47)42-53(49,50)36(4)16-17-36)41-32(45)28-19-37(21-43(28)33(27)46)20-29(44)30-25-13-10-11-14-26(25)39-23(3)31(30)52-37/h8,10-14,22,24,27-29,44H,5-7,9,15-21H2,1-4H3,(H,40,48)(H,41,45)(H,42,47)/b12-8-/t24?,27-,28-,29?,37-,38+/m0/s1. The van der Waals surface area contributed by atoms with Gasteiger partial charge in [-0.15, -0.1) is 0 Å². The monoisotopic (exact) mass is 751 g/mol. The van der Waals surface area contributed by atoms with Crippen LogP contribution in [0.4, 0.5) is 4.79 Å². The maximum absolute atomic E-state index is 14.6. The molecule has 0 radical (unpaired) electrons. The molecule has 14 nitrogen and oxygen atoms in total. The van der Waals surface area contributed by atoms with E-state index in [9.17, 15) is 32.7 Å². The quantitative estimate of drug-likeness (QED) is 0.328. The number of pyridine rings is 1. The summed E-state index contributed by atoms with van der Waals surface area (Å²) >= 11 is 0. The van der Waals surface area contributed by atoms with Crippen molar-refractivity contribution in [3.63, 3.8) is 0 Å². The molecule has 286 valence electrons. The lowest BCUT2D eigenvalue weighted by molar-refractivity contribution is -0.141. The number of rotatable bonds is 5. The number of aliphatic hydroxyl groups excluding tert-OH is 1. The van der Waals surface area contributed by atoms with Crippen LogP contribution in [-0.4, -0.2) is 87.8 Å². The molecular formula is C38H49N5O9S. The molecule has 15 heteroatoms. The number of allylic oxidation sites excluding steroid dienone is 1. The average Bonchev–Trinajstić information content (AvgIpc) is 3.98. The van der Waals surface area contributed by atoms with Gasteiger partial charge in [-0.25, -0.2) is 18.2 Å². The molecule has 2 saturated carbocycles. The van der Waals surface area contributed by atoms with Crippen molar-refractivity contribution >= 4 is 44.7 Å². The number of fused-ring (bicyclic) bond motifs is 5. The third-order valence-corrected chi connectivity index (χ3v) is 13.7. The number of amides is 4. The van der Waals surface area contributed by atoms with Crippen molar-refractivity contribution in [3.05, 3.63) is 47.7 Å². The molecule has 4 N–H and O–H groups in total. The van der Waals surface area contributed by atoms with Crippen LogP contribution in [0.3, 0.4) is 0 Å². The number of sulfonamides is 1. The maximum Gasteiger partial charge on any atom is 0.408 e. The Bertz CT molecular complexity index is 1980. The van der Waals surface area contributed by atoms with Crippen LogP contribution in [0.1, 0.15) is 102 Å². The van der Waals surface area contributed by atoms with Gasteiger partial charge in [-0.2, -0.15) is 0 Å². The van der Waals surface area contributed by atoms with Crippen LogP contribution >= 0.6 is 0 Å². The van der Waals surface area contributed by atoms with Gasteiger partial charge >= 0.3 is 6.09 Å². The molecule has 7 rings (SSSR count). The summed E-state index contributed by atoms with van der Waals surface area (Å²) in [6.07, 6.45) is 5.76. The summed E-state index contributed by atoms with van der Waals surface area (Å²) in [4.78, 5) is 62.0. The van der Waals surface area contributed by atoms with Gasteiger partial charge in [0.25, 0.3) is 5.91 Å². The van der Waals surface area contributed by atoms with Crippen LogP contribution in [0.5, 0.6) is 5.75 Å². The van der Waals surface area contributed by atoms with E-state index in [0.29, 0.717) is 54.6 Å². The van der Waals surface area contributed by atoms with Gasteiger partial charge in [0.1, 0.15) is 29.0 Å². The minimum absolute atomic E-state index is 0.0366. The van der Waals surface area contributed by atoms with Crippen molar-refractivity contribution in [2.24, 2.45) is 5.92 Å². The number of carbonyl (C=O) groups excluding carboxylic acids is 4. The Labute approximate surface area is 309 Å². The lowest BCUT2D eigenvalue weighted by Crippen LogP contribution is -2.58. The van der Waals surface area contributed by atoms with Gasteiger partial charge in [0.15, 0.2) is 0 Å². The van der Waals surface area contributed by atoms with Crippen LogP contribution in [0.15, 0.2) is 36.4 Å². The third kappa shape index (κ3) is 6.97. The molecule has 2 aromatic rings. The Morgan fingerprint density at radius 1 is 1.11 bits per heavy atom. The molecule has 2 aliphatic carbocycles. The highest BCUT2D eigenvalue weighted by Gasteiger charge is 2.64. The van der Waals surface area contributed by atoms with E-state index >= 15 is 0 Å². The summed E-state index contributed by atoms with van der Waals surface area (Å²) < 4.78 is 39.6. The lowest BCUT2D eigenvalue weighted by atomic mass is 9.85. The minimum Gasteiger partial charge on any atom is -0.483 e. The van der Waals surface area contributed by atoms with Crippen LogP contribution in [0.2, 0.25) is 0 Å². The zero-order valence-corrected chi connectivity index (χ0v) is 31.5. The number of nitrogens with zero attached hydrogens (tertiary/aromatic N) is 2. The predicted octanol–water partition coefficient (Wildman–Crippen LogP) is 3.60. The molecule has 3 aliphatic heterocycles. The van der Waals surface area contributed by atoms with E-state index in [1.54, 1.807) is 27.7 Å². The number of alkyl carbamates (subject to hydrolysis) is 1. The lowest BCUT2D eigenvalue weighted by Gasteiger charge is -2.39. The Morgan fingerprint density at radius 3 is 2.60 bits per heavy atom. The summed E-state index contributed by atoms with van der Waals surface area (Å²) in [5.74, 6) is -2.07. The highest BCUT2D eigenvalue weighted by Crippen LogP contribution is 2.50. The summed E-state index contributed by atoms with van der Waals surface area (Å²) in [5, 5.41) is 18.1. The van der Waals surface area contributed by atoms with Crippen LogP contribution in [0.25, 0.3) is 10.9 Å². The highest BCUT2D eigenvalue weighted by atomic mass is 32.2.